The van der Waals surface area contributed by atoms with Crippen LogP contribution >= 0.6 is 18.6 Å². The SMILES string of the molecule is Cc1c(C)c([Si](c2ccccc2)(c2ccccc2)c2ccccc2)[c-](C)c1C.[Cl][Ti][Cl].[O-]c1ccccc1. The summed E-state index contributed by atoms with van der Waals surface area (Å²) in [5.41, 5.74) is 5.79. The second kappa shape index (κ2) is 14.6. The van der Waals surface area contributed by atoms with Gasteiger partial charge in [0, 0.05) is 0 Å². The number of benzene rings is 4. The van der Waals surface area contributed by atoms with Gasteiger partial charge in [-0.15, -0.1) is 5.75 Å². The molecule has 5 rings (SSSR count). The van der Waals surface area contributed by atoms with Crippen molar-refractivity contribution in [2.75, 3.05) is 0 Å². The van der Waals surface area contributed by atoms with Crippen LogP contribution in [0.5, 0.6) is 5.75 Å². The molecule has 0 fully saturated rings. The van der Waals surface area contributed by atoms with Crippen molar-refractivity contribution in [3.05, 3.63) is 144 Å². The minimum absolute atomic E-state index is 0.0718. The maximum atomic E-state index is 10.3. The molecule has 0 aliphatic carbocycles. The van der Waals surface area contributed by atoms with Crippen molar-refractivity contribution in [1.82, 2.24) is 0 Å². The van der Waals surface area contributed by atoms with Crippen molar-refractivity contribution in [3.8, 4) is 5.75 Å². The molecule has 0 aromatic heterocycles. The predicted molar refractivity (Wildman–Crippen MR) is 162 cm³/mol. The topological polar surface area (TPSA) is 23.1 Å². The third-order valence-electron chi connectivity index (χ3n) is 7.18. The van der Waals surface area contributed by atoms with Gasteiger partial charge in [-0.1, -0.05) is 149 Å². The Labute approximate surface area is 245 Å². The Morgan fingerprint density at radius 3 is 1.13 bits per heavy atom. The van der Waals surface area contributed by atoms with E-state index in [2.05, 4.69) is 119 Å². The van der Waals surface area contributed by atoms with Crippen LogP contribution in [0.2, 0.25) is 0 Å². The van der Waals surface area contributed by atoms with Gasteiger partial charge < -0.3 is 5.11 Å². The van der Waals surface area contributed by atoms with Crippen LogP contribution in [0.4, 0.5) is 0 Å². The van der Waals surface area contributed by atoms with E-state index < -0.39 is 25.1 Å². The second-order valence-electron chi connectivity index (χ2n) is 9.11. The summed E-state index contributed by atoms with van der Waals surface area (Å²) in [6, 6.07) is 41.9. The van der Waals surface area contributed by atoms with E-state index in [1.54, 1.807) is 17.3 Å². The van der Waals surface area contributed by atoms with E-state index in [1.165, 1.54) is 49.9 Å². The van der Waals surface area contributed by atoms with Crippen LogP contribution in [0.25, 0.3) is 0 Å². The first kappa shape index (κ1) is 30.1. The van der Waals surface area contributed by atoms with E-state index in [-0.39, 0.29) is 5.75 Å². The second-order valence-corrected chi connectivity index (χ2v) is 15.4. The summed E-state index contributed by atoms with van der Waals surface area (Å²) in [7, 11) is 7.38. The van der Waals surface area contributed by atoms with Crippen LogP contribution in [0.1, 0.15) is 22.3 Å². The number of hydrogen-bond donors (Lipinski definition) is 0. The number of rotatable bonds is 4. The molecule has 5 heteroatoms. The average molecular weight is 591 g/mol. The van der Waals surface area contributed by atoms with Crippen molar-refractivity contribution in [1.29, 1.82) is 0 Å². The molecule has 5 aromatic carbocycles. The molecule has 0 unspecified atom stereocenters. The van der Waals surface area contributed by atoms with E-state index in [4.69, 9.17) is 18.6 Å². The molecular weight excluding hydrogens is 559 g/mol. The molecule has 0 heterocycles. The van der Waals surface area contributed by atoms with Crippen LogP contribution in [0.15, 0.2) is 121 Å². The summed E-state index contributed by atoms with van der Waals surface area (Å²) in [6.45, 7) is 9.20. The van der Waals surface area contributed by atoms with Crippen LogP contribution in [-0.4, -0.2) is 8.07 Å². The first-order valence-corrected chi connectivity index (χ1v) is 18.8. The zero-order valence-electron chi connectivity index (χ0n) is 22.2. The normalized spacial score (nSPS) is 10.5. The molecule has 0 N–H and O–H groups in total. The van der Waals surface area contributed by atoms with Gasteiger partial charge in [0.05, 0.1) is 0 Å². The Morgan fingerprint density at radius 1 is 0.579 bits per heavy atom. The molecule has 38 heavy (non-hydrogen) atoms. The van der Waals surface area contributed by atoms with Gasteiger partial charge in [0.25, 0.3) is 0 Å². The fourth-order valence-electron chi connectivity index (χ4n) is 5.20. The maximum Gasteiger partial charge on any atom is -0.0623 e. The van der Waals surface area contributed by atoms with E-state index in [0.717, 1.165) is 0 Å². The van der Waals surface area contributed by atoms with Crippen LogP contribution in [-0.2, 0) is 17.0 Å². The first-order valence-electron chi connectivity index (χ1n) is 12.5. The van der Waals surface area contributed by atoms with E-state index in [0.29, 0.717) is 0 Å². The Morgan fingerprint density at radius 2 is 0.895 bits per heavy atom. The first-order chi connectivity index (χ1) is 18.4. The Hall–Kier alpha value is -2.46. The maximum absolute atomic E-state index is 10.3. The van der Waals surface area contributed by atoms with Crippen molar-refractivity contribution in [2.45, 2.75) is 27.7 Å². The molecule has 194 valence electrons. The third kappa shape index (κ3) is 6.57. The minimum Gasteiger partial charge on any atom is -0.872 e. The van der Waals surface area contributed by atoms with E-state index in [9.17, 15) is 5.11 Å². The van der Waals surface area contributed by atoms with Crippen molar-refractivity contribution in [3.63, 3.8) is 0 Å². The third-order valence-corrected chi connectivity index (χ3v) is 12.3. The van der Waals surface area contributed by atoms with Gasteiger partial charge in [-0.25, -0.2) is 0 Å². The van der Waals surface area contributed by atoms with Gasteiger partial charge in [0.1, 0.15) is 0 Å². The zero-order chi connectivity index (χ0) is 27.5. The van der Waals surface area contributed by atoms with E-state index in [1.807, 2.05) is 6.07 Å². The quantitative estimate of drug-likeness (QED) is 0.140. The summed E-state index contributed by atoms with van der Waals surface area (Å²) < 4.78 is 0. The standard InChI is InChI=1S/C27H27Si.C6H6O.2ClH.Ti/c1-20-21(2)23(4)27(22(20)3)28(24-14-8-5-9-15-24,25-16-10-6-11-17-25)26-18-12-7-13-19-26;7-6-4-2-1-3-5-6;;;/h5-19H,1-4H3;1-5,7H;2*1H;/q-1;;;;+2/p-3. The summed E-state index contributed by atoms with van der Waals surface area (Å²) in [4.78, 5) is 0. The summed E-state index contributed by atoms with van der Waals surface area (Å²) in [6.07, 6.45) is 0. The van der Waals surface area contributed by atoms with E-state index >= 15 is 0 Å². The molecule has 0 aliphatic heterocycles. The Kier molecular flexibility index (Phi) is 11.6. The molecular formula is C33H32Cl2OSiTi-2. The smallest absolute Gasteiger partial charge is 0.0623 e. The molecule has 0 aliphatic rings. The fraction of sp³-hybridized carbons (Fsp3) is 0.121. The van der Waals surface area contributed by atoms with Gasteiger partial charge in [-0.05, 0) is 15.6 Å². The molecule has 0 saturated carbocycles. The van der Waals surface area contributed by atoms with Crippen molar-refractivity contribution < 1.29 is 22.1 Å². The molecule has 0 amide bonds. The number of para-hydroxylation sites is 1. The van der Waals surface area contributed by atoms with Gasteiger partial charge in [0.2, 0.25) is 0 Å². The van der Waals surface area contributed by atoms with Crippen molar-refractivity contribution >= 4 is 47.4 Å². The molecule has 0 radical (unpaired) electrons. The number of halogens is 2. The Balaban J connectivity index is 0.000000338. The molecule has 1 nitrogen and oxygen atoms in total. The zero-order valence-corrected chi connectivity index (χ0v) is 26.3. The fourth-order valence-corrected chi connectivity index (χ4v) is 10.6. The average Bonchev–Trinajstić information content (AvgIpc) is 3.15. The van der Waals surface area contributed by atoms with Crippen LogP contribution < -0.4 is 25.9 Å². The molecule has 0 saturated heterocycles. The van der Waals surface area contributed by atoms with Gasteiger partial charge >= 0.3 is 35.6 Å². The Bertz CT molecular complexity index is 1270. The predicted octanol–water partition coefficient (Wildman–Crippen LogP) is 6.15. The summed E-state index contributed by atoms with van der Waals surface area (Å²) >= 11 is -0.556. The van der Waals surface area contributed by atoms with Crippen LogP contribution in [0, 0.1) is 27.7 Å². The summed E-state index contributed by atoms with van der Waals surface area (Å²) in [5, 5.41) is 16.2. The van der Waals surface area contributed by atoms with Gasteiger partial charge in [0.15, 0.2) is 8.07 Å². The van der Waals surface area contributed by atoms with Gasteiger partial charge in [-0.3, -0.25) is 0 Å². The monoisotopic (exact) mass is 590 g/mol. The molecule has 0 atom stereocenters. The van der Waals surface area contributed by atoms with Gasteiger partial charge in [-0.2, -0.15) is 27.4 Å². The van der Waals surface area contributed by atoms with Crippen LogP contribution in [0.3, 0.4) is 0 Å². The van der Waals surface area contributed by atoms with Crippen molar-refractivity contribution in [2.24, 2.45) is 0 Å². The summed E-state index contributed by atoms with van der Waals surface area (Å²) in [5.74, 6) is 0.0718. The largest absolute Gasteiger partial charge is 0.872 e. The minimum atomic E-state index is -2.40. The molecule has 0 spiro atoms. The molecule has 5 aromatic rings. The molecule has 0 bridgehead atoms. The number of hydrogen-bond acceptors (Lipinski definition) is 1.